The molecule has 0 aromatic heterocycles. The van der Waals surface area contributed by atoms with Gasteiger partial charge in [0, 0.05) is 12.0 Å². The van der Waals surface area contributed by atoms with Crippen molar-refractivity contribution in [2.24, 2.45) is 0 Å². The molecule has 1 saturated carbocycles. The van der Waals surface area contributed by atoms with Gasteiger partial charge in [-0.2, -0.15) is 0 Å². The lowest BCUT2D eigenvalue weighted by atomic mass is 9.66. The quantitative estimate of drug-likeness (QED) is 0.439. The highest BCUT2D eigenvalue weighted by Gasteiger charge is 2.33. The number of hydrogen-bond acceptors (Lipinski definition) is 1. The van der Waals surface area contributed by atoms with E-state index in [9.17, 15) is 4.79 Å². The molecule has 1 aromatic carbocycles. The minimum Gasteiger partial charge on any atom is -0.294 e. The van der Waals surface area contributed by atoms with E-state index in [1.807, 2.05) is 6.92 Å². The second kappa shape index (κ2) is 7.77. The van der Waals surface area contributed by atoms with Crippen molar-refractivity contribution in [1.82, 2.24) is 0 Å². The summed E-state index contributed by atoms with van der Waals surface area (Å²) >= 11 is 0. The molecule has 1 aliphatic rings. The van der Waals surface area contributed by atoms with E-state index in [2.05, 4.69) is 31.2 Å². The molecular weight excluding hydrogens is 256 g/mol. The zero-order chi connectivity index (χ0) is 15.1. The number of Topliss-reactive ketones (excluding diaryl/α,β-unsaturated/α-hetero) is 1. The summed E-state index contributed by atoms with van der Waals surface area (Å²) in [6.45, 7) is 4.21. The fourth-order valence-corrected chi connectivity index (χ4v) is 3.84. The summed E-state index contributed by atoms with van der Waals surface area (Å²) in [6, 6.07) is 8.58. The van der Waals surface area contributed by atoms with Crippen molar-refractivity contribution in [2.75, 3.05) is 0 Å². The van der Waals surface area contributed by atoms with Crippen LogP contribution < -0.4 is 0 Å². The largest absolute Gasteiger partial charge is 0.294 e. The second-order valence-corrected chi connectivity index (χ2v) is 6.65. The molecule has 1 fully saturated rings. The Kier molecular flexibility index (Phi) is 6.02. The van der Waals surface area contributed by atoms with Crippen LogP contribution in [0.5, 0.6) is 0 Å². The molecule has 0 saturated heterocycles. The van der Waals surface area contributed by atoms with Crippen molar-refractivity contribution in [3.63, 3.8) is 0 Å². The van der Waals surface area contributed by atoms with Gasteiger partial charge in [0.25, 0.3) is 0 Å². The molecule has 2 rings (SSSR count). The molecule has 0 radical (unpaired) electrons. The molecule has 1 nitrogen and oxygen atoms in total. The Morgan fingerprint density at radius 1 is 1.00 bits per heavy atom. The second-order valence-electron chi connectivity index (χ2n) is 6.65. The smallest absolute Gasteiger partial charge is 0.162 e. The zero-order valence-electron chi connectivity index (χ0n) is 13.8. The van der Waals surface area contributed by atoms with E-state index < -0.39 is 0 Å². The Bertz CT molecular complexity index is 437. The third kappa shape index (κ3) is 3.96. The molecule has 0 bridgehead atoms. The third-order valence-electron chi connectivity index (χ3n) is 5.21. The fourth-order valence-electron chi connectivity index (χ4n) is 3.84. The number of ketones is 1. The topological polar surface area (TPSA) is 17.1 Å². The molecule has 1 aliphatic carbocycles. The summed E-state index contributed by atoms with van der Waals surface area (Å²) < 4.78 is 0. The SMILES string of the molecule is CCCCCC1(c2ccc(C(=O)CC)cc2)CCCCC1. The predicted molar refractivity (Wildman–Crippen MR) is 90.0 cm³/mol. The van der Waals surface area contributed by atoms with E-state index in [1.54, 1.807) is 0 Å². The first-order valence-corrected chi connectivity index (χ1v) is 8.85. The summed E-state index contributed by atoms with van der Waals surface area (Å²) in [5.74, 6) is 0.255. The minimum absolute atomic E-state index is 0.255. The van der Waals surface area contributed by atoms with Crippen LogP contribution in [0.1, 0.15) is 94.0 Å². The number of carbonyl (C=O) groups excluding carboxylic acids is 1. The van der Waals surface area contributed by atoms with Crippen LogP contribution in [-0.4, -0.2) is 5.78 Å². The molecular formula is C20H30O. The first kappa shape index (κ1) is 16.3. The monoisotopic (exact) mass is 286 g/mol. The molecule has 116 valence electrons. The first-order valence-electron chi connectivity index (χ1n) is 8.85. The number of carbonyl (C=O) groups is 1. The van der Waals surface area contributed by atoms with Gasteiger partial charge < -0.3 is 0 Å². The zero-order valence-corrected chi connectivity index (χ0v) is 13.8. The van der Waals surface area contributed by atoms with Gasteiger partial charge in [-0.05, 0) is 30.2 Å². The normalized spacial score (nSPS) is 17.6. The molecule has 0 heterocycles. The van der Waals surface area contributed by atoms with Gasteiger partial charge in [0.1, 0.15) is 0 Å². The van der Waals surface area contributed by atoms with Crippen LogP contribution in [-0.2, 0) is 5.41 Å². The number of benzene rings is 1. The molecule has 1 heteroatoms. The Morgan fingerprint density at radius 3 is 2.24 bits per heavy atom. The lowest BCUT2D eigenvalue weighted by Gasteiger charge is -2.38. The maximum atomic E-state index is 11.8. The van der Waals surface area contributed by atoms with E-state index in [0.29, 0.717) is 11.8 Å². The Hall–Kier alpha value is -1.11. The highest BCUT2D eigenvalue weighted by molar-refractivity contribution is 5.95. The maximum Gasteiger partial charge on any atom is 0.162 e. The van der Waals surface area contributed by atoms with Gasteiger partial charge >= 0.3 is 0 Å². The van der Waals surface area contributed by atoms with Gasteiger partial charge in [0.05, 0.1) is 0 Å². The average Bonchev–Trinajstić information content (AvgIpc) is 2.55. The van der Waals surface area contributed by atoms with E-state index in [4.69, 9.17) is 0 Å². The summed E-state index contributed by atoms with van der Waals surface area (Å²) in [6.07, 6.45) is 12.7. The van der Waals surface area contributed by atoms with Crippen LogP contribution in [0.2, 0.25) is 0 Å². The van der Waals surface area contributed by atoms with Crippen molar-refractivity contribution < 1.29 is 4.79 Å². The molecule has 0 spiro atoms. The van der Waals surface area contributed by atoms with Gasteiger partial charge in [0.15, 0.2) is 5.78 Å². The number of unbranched alkanes of at least 4 members (excludes halogenated alkanes) is 2. The molecule has 0 atom stereocenters. The minimum atomic E-state index is 0.255. The van der Waals surface area contributed by atoms with Gasteiger partial charge in [-0.1, -0.05) is 76.6 Å². The molecule has 0 aliphatic heterocycles. The molecule has 1 aromatic rings. The van der Waals surface area contributed by atoms with Gasteiger partial charge in [-0.15, -0.1) is 0 Å². The highest BCUT2D eigenvalue weighted by atomic mass is 16.1. The van der Waals surface area contributed by atoms with E-state index in [0.717, 1.165) is 5.56 Å². The van der Waals surface area contributed by atoms with Crippen LogP contribution in [0.25, 0.3) is 0 Å². The molecule has 0 amide bonds. The van der Waals surface area contributed by atoms with Crippen LogP contribution in [0.3, 0.4) is 0 Å². The number of rotatable bonds is 7. The van der Waals surface area contributed by atoms with Crippen molar-refractivity contribution in [3.05, 3.63) is 35.4 Å². The fraction of sp³-hybridized carbons (Fsp3) is 0.650. The van der Waals surface area contributed by atoms with Crippen molar-refractivity contribution in [3.8, 4) is 0 Å². The van der Waals surface area contributed by atoms with Gasteiger partial charge in [0.2, 0.25) is 0 Å². The Balaban J connectivity index is 2.17. The van der Waals surface area contributed by atoms with Crippen molar-refractivity contribution in [1.29, 1.82) is 0 Å². The number of hydrogen-bond donors (Lipinski definition) is 0. The van der Waals surface area contributed by atoms with E-state index in [1.165, 1.54) is 63.4 Å². The van der Waals surface area contributed by atoms with Gasteiger partial charge in [-0.25, -0.2) is 0 Å². The van der Waals surface area contributed by atoms with Crippen LogP contribution in [0.4, 0.5) is 0 Å². The predicted octanol–water partition coefficient (Wildman–Crippen LogP) is 6.06. The van der Waals surface area contributed by atoms with Gasteiger partial charge in [-0.3, -0.25) is 4.79 Å². The average molecular weight is 286 g/mol. The van der Waals surface area contributed by atoms with E-state index >= 15 is 0 Å². The Labute approximate surface area is 130 Å². The maximum absolute atomic E-state index is 11.8. The van der Waals surface area contributed by atoms with Crippen LogP contribution in [0.15, 0.2) is 24.3 Å². The van der Waals surface area contributed by atoms with E-state index in [-0.39, 0.29) is 5.78 Å². The highest BCUT2D eigenvalue weighted by Crippen LogP contribution is 2.43. The third-order valence-corrected chi connectivity index (χ3v) is 5.21. The van der Waals surface area contributed by atoms with Crippen molar-refractivity contribution >= 4 is 5.78 Å². The molecule has 0 N–H and O–H groups in total. The molecule has 0 unspecified atom stereocenters. The Morgan fingerprint density at radius 2 is 1.67 bits per heavy atom. The lowest BCUT2D eigenvalue weighted by Crippen LogP contribution is -2.29. The molecule has 21 heavy (non-hydrogen) atoms. The lowest BCUT2D eigenvalue weighted by molar-refractivity contribution is 0.0988. The summed E-state index contributed by atoms with van der Waals surface area (Å²) in [5, 5.41) is 0. The standard InChI is InChI=1S/C20H30O/c1-3-5-7-14-20(15-8-6-9-16-20)18-12-10-17(11-13-18)19(21)4-2/h10-13H,3-9,14-16H2,1-2H3. The summed E-state index contributed by atoms with van der Waals surface area (Å²) in [7, 11) is 0. The first-order chi connectivity index (χ1) is 10.2. The van der Waals surface area contributed by atoms with Crippen LogP contribution in [0, 0.1) is 0 Å². The summed E-state index contributed by atoms with van der Waals surface area (Å²) in [4.78, 5) is 11.8. The van der Waals surface area contributed by atoms with Crippen molar-refractivity contribution in [2.45, 2.75) is 83.5 Å². The summed E-state index contributed by atoms with van der Waals surface area (Å²) in [5.41, 5.74) is 2.74. The van der Waals surface area contributed by atoms with Crippen LogP contribution >= 0.6 is 0 Å².